The van der Waals surface area contributed by atoms with Gasteiger partial charge in [-0.2, -0.15) is 0 Å². The summed E-state index contributed by atoms with van der Waals surface area (Å²) in [5.41, 5.74) is 1.55. The number of fused-ring (bicyclic) bond motifs is 1. The third-order valence-electron chi connectivity index (χ3n) is 6.28. The molecular formula is C27H28N4O7S. The molecule has 0 saturated heterocycles. The zero-order valence-corrected chi connectivity index (χ0v) is 22.2. The summed E-state index contributed by atoms with van der Waals surface area (Å²) in [6, 6.07) is 18.0. The third-order valence-corrected chi connectivity index (χ3v) is 8.39. The third kappa shape index (κ3) is 6.17. The first-order valence-electron chi connectivity index (χ1n) is 12.1. The van der Waals surface area contributed by atoms with Crippen LogP contribution in [0.5, 0.6) is 11.5 Å². The number of carbonyl (C=O) groups is 1. The standard InChI is InChI=1S/C27H28N4O7S/c1-37-20-9-12-24(38-2)18(17-20)13-15-28-19-7-10-21(11-8-19)39(35,36)25(27(33)34)14-16-31-26(32)22-5-3-4-6-23(22)29-30-31/h3-12,17,25,28H,13-16H2,1-2H3,(H,33,34). The van der Waals surface area contributed by atoms with Gasteiger partial charge in [0.15, 0.2) is 15.1 Å². The van der Waals surface area contributed by atoms with E-state index in [4.69, 9.17) is 9.47 Å². The van der Waals surface area contributed by atoms with Crippen LogP contribution >= 0.6 is 0 Å². The number of nitrogens with one attached hydrogen (secondary N) is 1. The van der Waals surface area contributed by atoms with Crippen LogP contribution in [0.3, 0.4) is 0 Å². The van der Waals surface area contributed by atoms with Gasteiger partial charge in [-0.1, -0.05) is 17.3 Å². The van der Waals surface area contributed by atoms with E-state index in [1.807, 2.05) is 18.2 Å². The number of anilines is 1. The van der Waals surface area contributed by atoms with E-state index in [0.29, 0.717) is 35.3 Å². The lowest BCUT2D eigenvalue weighted by molar-refractivity contribution is -0.136. The van der Waals surface area contributed by atoms with Gasteiger partial charge in [0, 0.05) is 18.8 Å². The fourth-order valence-corrected chi connectivity index (χ4v) is 5.69. The maximum atomic E-state index is 13.2. The number of aliphatic carboxylic acids is 1. The summed E-state index contributed by atoms with van der Waals surface area (Å²) in [6.07, 6.45) is 0.269. The molecule has 204 valence electrons. The minimum atomic E-state index is -4.24. The predicted molar refractivity (Wildman–Crippen MR) is 145 cm³/mol. The smallest absolute Gasteiger partial charge is 0.322 e. The first-order chi connectivity index (χ1) is 18.7. The number of ether oxygens (including phenoxy) is 2. The number of aryl methyl sites for hydroxylation is 1. The highest BCUT2D eigenvalue weighted by molar-refractivity contribution is 7.92. The van der Waals surface area contributed by atoms with E-state index < -0.39 is 26.6 Å². The lowest BCUT2D eigenvalue weighted by Gasteiger charge is -2.15. The van der Waals surface area contributed by atoms with Crippen molar-refractivity contribution in [1.82, 2.24) is 15.0 Å². The highest BCUT2D eigenvalue weighted by Gasteiger charge is 2.34. The zero-order chi connectivity index (χ0) is 28.0. The van der Waals surface area contributed by atoms with Gasteiger partial charge in [0.05, 0.1) is 24.5 Å². The largest absolute Gasteiger partial charge is 0.497 e. The predicted octanol–water partition coefficient (Wildman–Crippen LogP) is 2.78. The molecule has 2 N–H and O–H groups in total. The number of hydrogen-bond donors (Lipinski definition) is 2. The van der Waals surface area contributed by atoms with E-state index >= 15 is 0 Å². The molecule has 0 aliphatic heterocycles. The van der Waals surface area contributed by atoms with Crippen molar-refractivity contribution < 1.29 is 27.8 Å². The molecule has 3 aromatic carbocycles. The minimum Gasteiger partial charge on any atom is -0.497 e. The second-order valence-electron chi connectivity index (χ2n) is 8.67. The Morgan fingerprint density at radius 3 is 2.49 bits per heavy atom. The van der Waals surface area contributed by atoms with Crippen LogP contribution in [0.2, 0.25) is 0 Å². The summed E-state index contributed by atoms with van der Waals surface area (Å²) < 4.78 is 38.0. The Morgan fingerprint density at radius 1 is 1.05 bits per heavy atom. The SMILES string of the molecule is COc1ccc(OC)c(CCNc2ccc(S(=O)(=O)C(CCn3nnc4ccccc4c3=O)C(=O)O)cc2)c1. The van der Waals surface area contributed by atoms with Crippen LogP contribution in [0.15, 0.2) is 76.4 Å². The van der Waals surface area contributed by atoms with Crippen LogP contribution in [-0.4, -0.2) is 60.5 Å². The van der Waals surface area contributed by atoms with E-state index in [0.717, 1.165) is 16.0 Å². The fourth-order valence-electron chi connectivity index (χ4n) is 4.17. The van der Waals surface area contributed by atoms with Gasteiger partial charge in [0.2, 0.25) is 0 Å². The average molecular weight is 553 g/mol. The molecule has 0 aliphatic carbocycles. The monoisotopic (exact) mass is 552 g/mol. The molecule has 1 aromatic heterocycles. The molecule has 0 spiro atoms. The van der Waals surface area contributed by atoms with E-state index in [2.05, 4.69) is 15.6 Å². The van der Waals surface area contributed by atoms with E-state index in [1.54, 1.807) is 50.6 Å². The Bertz CT molecular complexity index is 1640. The van der Waals surface area contributed by atoms with Crippen LogP contribution in [-0.2, 0) is 27.6 Å². The molecule has 0 aliphatic rings. The second kappa shape index (κ2) is 11.9. The van der Waals surface area contributed by atoms with Gasteiger partial charge in [0.1, 0.15) is 17.0 Å². The van der Waals surface area contributed by atoms with Crippen LogP contribution < -0.4 is 20.3 Å². The van der Waals surface area contributed by atoms with E-state index in [9.17, 15) is 23.1 Å². The van der Waals surface area contributed by atoms with Crippen LogP contribution in [0, 0.1) is 0 Å². The fraction of sp³-hybridized carbons (Fsp3) is 0.259. The van der Waals surface area contributed by atoms with E-state index in [-0.39, 0.29) is 17.9 Å². The number of sulfone groups is 1. The number of carboxylic acids is 1. The molecule has 4 aromatic rings. The zero-order valence-electron chi connectivity index (χ0n) is 21.4. The van der Waals surface area contributed by atoms with Crippen LogP contribution in [0.1, 0.15) is 12.0 Å². The molecule has 0 fully saturated rings. The molecule has 1 atom stereocenters. The molecular weight excluding hydrogens is 524 g/mol. The van der Waals surface area contributed by atoms with Gasteiger partial charge in [-0.25, -0.2) is 13.1 Å². The lowest BCUT2D eigenvalue weighted by Crippen LogP contribution is -2.34. The Morgan fingerprint density at radius 2 is 1.79 bits per heavy atom. The average Bonchev–Trinajstić information content (AvgIpc) is 2.94. The number of rotatable bonds is 12. The maximum Gasteiger partial charge on any atom is 0.322 e. The Kier molecular flexibility index (Phi) is 8.45. The van der Waals surface area contributed by atoms with Crippen molar-refractivity contribution >= 4 is 32.4 Å². The van der Waals surface area contributed by atoms with Crippen molar-refractivity contribution in [3.05, 3.63) is 82.6 Å². The quantitative estimate of drug-likeness (QED) is 0.269. The number of aromatic nitrogens is 3. The highest BCUT2D eigenvalue weighted by Crippen LogP contribution is 2.25. The van der Waals surface area contributed by atoms with Crippen molar-refractivity contribution in [2.45, 2.75) is 29.5 Å². The summed E-state index contributed by atoms with van der Waals surface area (Å²) in [4.78, 5) is 24.5. The summed E-state index contributed by atoms with van der Waals surface area (Å²) >= 11 is 0. The maximum absolute atomic E-state index is 13.2. The topological polar surface area (TPSA) is 150 Å². The second-order valence-corrected chi connectivity index (χ2v) is 10.8. The summed E-state index contributed by atoms with van der Waals surface area (Å²) in [5.74, 6) is -0.0622. The molecule has 1 heterocycles. The number of carboxylic acid groups (broad SMARTS) is 1. The highest BCUT2D eigenvalue weighted by atomic mass is 32.2. The van der Waals surface area contributed by atoms with Crippen LogP contribution in [0.4, 0.5) is 5.69 Å². The molecule has 0 saturated carbocycles. The van der Waals surface area contributed by atoms with Crippen molar-refractivity contribution in [3.63, 3.8) is 0 Å². The molecule has 0 radical (unpaired) electrons. The Balaban J connectivity index is 1.43. The van der Waals surface area contributed by atoms with Gasteiger partial charge < -0.3 is 19.9 Å². The van der Waals surface area contributed by atoms with Crippen molar-refractivity contribution in [2.24, 2.45) is 0 Å². The molecule has 12 heteroatoms. The number of benzene rings is 3. The normalized spacial score (nSPS) is 12.2. The molecule has 11 nitrogen and oxygen atoms in total. The summed E-state index contributed by atoms with van der Waals surface area (Å²) in [6.45, 7) is 0.315. The van der Waals surface area contributed by atoms with Crippen molar-refractivity contribution in [1.29, 1.82) is 0 Å². The van der Waals surface area contributed by atoms with E-state index in [1.165, 1.54) is 12.1 Å². The van der Waals surface area contributed by atoms with Gasteiger partial charge >= 0.3 is 5.97 Å². The molecule has 4 rings (SSSR count). The number of hydrogen-bond acceptors (Lipinski definition) is 9. The summed E-state index contributed by atoms with van der Waals surface area (Å²) in [5, 5.41) is 19.3. The number of nitrogens with zero attached hydrogens (tertiary/aromatic N) is 3. The molecule has 0 amide bonds. The van der Waals surface area contributed by atoms with Gasteiger partial charge in [0.25, 0.3) is 5.56 Å². The van der Waals surface area contributed by atoms with Crippen molar-refractivity contribution in [2.75, 3.05) is 26.1 Å². The lowest BCUT2D eigenvalue weighted by atomic mass is 10.1. The molecule has 1 unspecified atom stereocenters. The number of methoxy groups -OCH3 is 2. The van der Waals surface area contributed by atoms with Crippen LogP contribution in [0.25, 0.3) is 10.9 Å². The van der Waals surface area contributed by atoms with Gasteiger partial charge in [-0.15, -0.1) is 5.10 Å². The Labute approximate surface area is 224 Å². The minimum absolute atomic E-state index is 0.133. The first-order valence-corrected chi connectivity index (χ1v) is 13.6. The Hall–Kier alpha value is -4.45. The van der Waals surface area contributed by atoms with Crippen molar-refractivity contribution in [3.8, 4) is 11.5 Å². The van der Waals surface area contributed by atoms with Gasteiger partial charge in [-0.05, 0) is 73.0 Å². The van der Waals surface area contributed by atoms with Gasteiger partial charge in [-0.3, -0.25) is 9.59 Å². The first kappa shape index (κ1) is 27.6. The molecule has 39 heavy (non-hydrogen) atoms. The summed E-state index contributed by atoms with van der Waals surface area (Å²) in [7, 11) is -1.06. The molecule has 0 bridgehead atoms.